The molecular formula is C26H27N7O4S. The Hall–Kier alpha value is -4.37. The highest BCUT2D eigenvalue weighted by Crippen LogP contribution is 2.37. The van der Waals surface area contributed by atoms with E-state index in [1.54, 1.807) is 55.1 Å². The maximum atomic E-state index is 13.7. The van der Waals surface area contributed by atoms with Crippen LogP contribution in [-0.2, 0) is 15.6 Å². The van der Waals surface area contributed by atoms with Crippen molar-refractivity contribution in [3.8, 4) is 28.6 Å². The normalized spacial score (nSPS) is 12.9. The Bertz CT molecular complexity index is 1570. The van der Waals surface area contributed by atoms with Crippen molar-refractivity contribution in [3.05, 3.63) is 77.7 Å². The van der Waals surface area contributed by atoms with Crippen molar-refractivity contribution < 1.29 is 17.9 Å². The number of benzene rings is 1. The van der Waals surface area contributed by atoms with Crippen LogP contribution in [0.5, 0.6) is 11.5 Å². The SMILES string of the molecule is [C-]#[N+]c1cncc(-c2nnc(CS(=O)(=O)[C@@H](C)[C@H](C)c3ncc(C)cn3)n2-c2c(OC)cccc2OC)c1. The first kappa shape index (κ1) is 26.7. The van der Waals surface area contributed by atoms with Crippen molar-refractivity contribution in [2.45, 2.75) is 37.7 Å². The molecule has 0 fully saturated rings. The Labute approximate surface area is 221 Å². The van der Waals surface area contributed by atoms with Gasteiger partial charge in [-0.2, -0.15) is 0 Å². The van der Waals surface area contributed by atoms with Crippen LogP contribution >= 0.6 is 0 Å². The predicted octanol–water partition coefficient (Wildman–Crippen LogP) is 4.10. The molecule has 2 atom stereocenters. The minimum absolute atomic E-state index is 0.153. The molecule has 0 aliphatic rings. The molecule has 0 bridgehead atoms. The Morgan fingerprint density at radius 2 is 1.68 bits per heavy atom. The summed E-state index contributed by atoms with van der Waals surface area (Å²) in [4.78, 5) is 16.2. The monoisotopic (exact) mass is 533 g/mol. The van der Waals surface area contributed by atoms with Crippen molar-refractivity contribution in [1.82, 2.24) is 29.7 Å². The van der Waals surface area contributed by atoms with E-state index in [4.69, 9.17) is 16.0 Å². The Morgan fingerprint density at radius 1 is 1.03 bits per heavy atom. The number of aromatic nitrogens is 6. The van der Waals surface area contributed by atoms with Gasteiger partial charge in [0.05, 0.1) is 26.0 Å². The third-order valence-corrected chi connectivity index (χ3v) is 8.48. The smallest absolute Gasteiger partial charge is 0.205 e. The van der Waals surface area contributed by atoms with Crippen molar-refractivity contribution in [1.29, 1.82) is 0 Å². The molecule has 0 saturated heterocycles. The van der Waals surface area contributed by atoms with E-state index in [1.807, 2.05) is 6.92 Å². The van der Waals surface area contributed by atoms with Crippen LogP contribution in [0.1, 0.15) is 37.0 Å². The first-order valence-electron chi connectivity index (χ1n) is 11.7. The first-order valence-corrected chi connectivity index (χ1v) is 13.4. The fourth-order valence-electron chi connectivity index (χ4n) is 3.97. The summed E-state index contributed by atoms with van der Waals surface area (Å²) in [7, 11) is -0.761. The van der Waals surface area contributed by atoms with Gasteiger partial charge in [-0.15, -0.1) is 10.2 Å². The molecular weight excluding hydrogens is 506 g/mol. The topological polar surface area (TPSA) is 126 Å². The van der Waals surface area contributed by atoms with E-state index in [0.717, 1.165) is 5.56 Å². The zero-order valence-corrected chi connectivity index (χ0v) is 22.5. The molecule has 0 spiro atoms. The number of pyridine rings is 1. The van der Waals surface area contributed by atoms with Crippen LogP contribution in [0.3, 0.4) is 0 Å². The third kappa shape index (κ3) is 5.19. The lowest BCUT2D eigenvalue weighted by Gasteiger charge is -2.20. The number of hydrogen-bond acceptors (Lipinski definition) is 9. The molecule has 0 amide bonds. The largest absolute Gasteiger partial charge is 0.494 e. The summed E-state index contributed by atoms with van der Waals surface area (Å²) in [5, 5.41) is 7.77. The van der Waals surface area contributed by atoms with E-state index in [0.29, 0.717) is 40.1 Å². The number of para-hydroxylation sites is 1. The predicted molar refractivity (Wildman–Crippen MR) is 141 cm³/mol. The quantitative estimate of drug-likeness (QED) is 0.292. The van der Waals surface area contributed by atoms with E-state index in [1.165, 1.54) is 26.6 Å². The van der Waals surface area contributed by atoms with Gasteiger partial charge in [0.2, 0.25) is 5.69 Å². The summed E-state index contributed by atoms with van der Waals surface area (Å²) in [6.45, 7) is 12.6. The molecule has 4 aromatic rings. The average Bonchev–Trinajstić information content (AvgIpc) is 3.34. The Balaban J connectivity index is 1.85. The Kier molecular flexibility index (Phi) is 7.68. The zero-order chi connectivity index (χ0) is 27.4. The minimum Gasteiger partial charge on any atom is -0.494 e. The van der Waals surface area contributed by atoms with Crippen LogP contribution in [0.2, 0.25) is 0 Å². The van der Waals surface area contributed by atoms with E-state index >= 15 is 0 Å². The van der Waals surface area contributed by atoms with E-state index < -0.39 is 26.8 Å². The van der Waals surface area contributed by atoms with E-state index in [9.17, 15) is 8.42 Å². The van der Waals surface area contributed by atoms with Gasteiger partial charge in [-0.25, -0.2) is 23.2 Å². The standard InChI is InChI=1S/C26H27N7O4S/c1-16-11-29-25(30-12-16)17(2)18(3)38(34,35)15-23-31-32-26(19-10-20(27-4)14-28-13-19)33(23)24-21(36-5)8-7-9-22(24)37-6/h7-14,17-18H,15H2,1-3,5-6H3/t17-,18-/m0/s1. The molecule has 1 aromatic carbocycles. The number of rotatable bonds is 9. The summed E-state index contributed by atoms with van der Waals surface area (Å²) in [5.74, 6) is 0.854. The maximum absolute atomic E-state index is 13.7. The first-order chi connectivity index (χ1) is 18.2. The summed E-state index contributed by atoms with van der Waals surface area (Å²) in [6.07, 6.45) is 6.30. The van der Waals surface area contributed by atoms with Crippen molar-refractivity contribution in [3.63, 3.8) is 0 Å². The van der Waals surface area contributed by atoms with Crippen LogP contribution in [-0.4, -0.2) is 57.6 Å². The molecule has 12 heteroatoms. The summed E-state index contributed by atoms with van der Waals surface area (Å²) >= 11 is 0. The lowest BCUT2D eigenvalue weighted by atomic mass is 10.1. The molecule has 0 radical (unpaired) electrons. The fraction of sp³-hybridized carbons (Fsp3) is 0.308. The second-order valence-electron chi connectivity index (χ2n) is 8.75. The van der Waals surface area contributed by atoms with Gasteiger partial charge in [0, 0.05) is 36.3 Å². The molecule has 3 heterocycles. The van der Waals surface area contributed by atoms with Crippen molar-refractivity contribution in [2.24, 2.45) is 0 Å². The molecule has 0 unspecified atom stereocenters. The average molecular weight is 534 g/mol. The number of sulfone groups is 1. The molecule has 196 valence electrons. The molecule has 0 aliphatic heterocycles. The van der Waals surface area contributed by atoms with Crippen LogP contribution in [0.25, 0.3) is 21.9 Å². The number of ether oxygens (including phenoxy) is 2. The van der Waals surface area contributed by atoms with Gasteiger partial charge in [0.25, 0.3) is 0 Å². The highest BCUT2D eigenvalue weighted by molar-refractivity contribution is 7.91. The zero-order valence-electron chi connectivity index (χ0n) is 21.7. The highest BCUT2D eigenvalue weighted by Gasteiger charge is 2.33. The molecule has 3 aromatic heterocycles. The molecule has 0 saturated carbocycles. The van der Waals surface area contributed by atoms with Gasteiger partial charge in [-0.05, 0) is 37.6 Å². The van der Waals surface area contributed by atoms with Crippen LogP contribution in [0, 0.1) is 13.5 Å². The molecule has 0 aliphatic carbocycles. The van der Waals surface area contributed by atoms with Crippen LogP contribution in [0.15, 0.2) is 49.1 Å². The summed E-state index contributed by atoms with van der Waals surface area (Å²) in [5.41, 5.74) is 2.11. The van der Waals surface area contributed by atoms with Crippen molar-refractivity contribution >= 4 is 15.5 Å². The number of methoxy groups -OCH3 is 2. The van der Waals surface area contributed by atoms with E-state index in [2.05, 4.69) is 30.0 Å². The fourth-order valence-corrected chi connectivity index (χ4v) is 5.52. The lowest BCUT2D eigenvalue weighted by molar-refractivity contribution is 0.390. The van der Waals surface area contributed by atoms with Crippen LogP contribution in [0.4, 0.5) is 5.69 Å². The summed E-state index contributed by atoms with van der Waals surface area (Å²) in [6, 6.07) is 6.83. The van der Waals surface area contributed by atoms with Gasteiger partial charge in [-0.3, -0.25) is 9.55 Å². The molecule has 4 rings (SSSR count). The molecule has 11 nitrogen and oxygen atoms in total. The van der Waals surface area contributed by atoms with Gasteiger partial charge < -0.3 is 9.47 Å². The summed E-state index contributed by atoms with van der Waals surface area (Å²) < 4.78 is 40.1. The maximum Gasteiger partial charge on any atom is 0.205 e. The third-order valence-electron chi connectivity index (χ3n) is 6.28. The molecule has 0 N–H and O–H groups in total. The van der Waals surface area contributed by atoms with E-state index in [-0.39, 0.29) is 5.82 Å². The number of hydrogen-bond donors (Lipinski definition) is 0. The van der Waals surface area contributed by atoms with Crippen LogP contribution < -0.4 is 9.47 Å². The lowest BCUT2D eigenvalue weighted by Crippen LogP contribution is -2.27. The van der Waals surface area contributed by atoms with Gasteiger partial charge in [0.1, 0.15) is 28.8 Å². The molecule has 38 heavy (non-hydrogen) atoms. The number of nitrogens with zero attached hydrogens (tertiary/aromatic N) is 7. The number of aryl methyl sites for hydroxylation is 1. The second kappa shape index (κ2) is 10.9. The van der Waals surface area contributed by atoms with Crippen molar-refractivity contribution in [2.75, 3.05) is 14.2 Å². The van der Waals surface area contributed by atoms with Gasteiger partial charge in [0.15, 0.2) is 21.5 Å². The highest BCUT2D eigenvalue weighted by atomic mass is 32.2. The minimum atomic E-state index is -3.77. The second-order valence-corrected chi connectivity index (χ2v) is 11.1. The Morgan fingerprint density at radius 3 is 2.29 bits per heavy atom. The van der Waals surface area contributed by atoms with Gasteiger partial charge in [-0.1, -0.05) is 13.0 Å². The van der Waals surface area contributed by atoms with Gasteiger partial charge >= 0.3 is 0 Å².